The number of hydrogen-bond acceptors (Lipinski definition) is 6. The molecule has 5 rings (SSSR count). The molecule has 1 aliphatic rings. The van der Waals surface area contributed by atoms with Crippen LogP contribution in [0.2, 0.25) is 10.0 Å². The van der Waals surface area contributed by atoms with E-state index >= 15 is 0 Å². The number of ether oxygens (including phenoxy) is 1. The van der Waals surface area contributed by atoms with E-state index in [1.165, 1.54) is 6.20 Å². The number of nitrogens with one attached hydrogen (secondary N) is 2. The number of rotatable bonds is 10. The van der Waals surface area contributed by atoms with Gasteiger partial charge in [0, 0.05) is 35.9 Å². The monoisotopic (exact) mass is 687 g/mol. The van der Waals surface area contributed by atoms with Crippen LogP contribution in [0.4, 0.5) is 11.4 Å². The number of amides is 3. The van der Waals surface area contributed by atoms with E-state index in [0.29, 0.717) is 78.2 Å². The fourth-order valence-corrected chi connectivity index (χ4v) is 5.97. The maximum Gasteiger partial charge on any atom is 0.255 e. The highest BCUT2D eigenvalue weighted by Gasteiger charge is 2.23. The van der Waals surface area contributed by atoms with Crippen molar-refractivity contribution in [3.8, 4) is 5.75 Å². The lowest BCUT2D eigenvalue weighted by molar-refractivity contribution is -0.122. The zero-order valence-electron chi connectivity index (χ0n) is 26.7. The van der Waals surface area contributed by atoms with Crippen molar-refractivity contribution < 1.29 is 19.1 Å². The van der Waals surface area contributed by atoms with Crippen LogP contribution in [0.3, 0.4) is 0 Å². The van der Waals surface area contributed by atoms with Crippen LogP contribution in [0.1, 0.15) is 40.7 Å². The molecule has 3 amide bonds. The van der Waals surface area contributed by atoms with E-state index in [0.717, 1.165) is 24.0 Å². The smallest absolute Gasteiger partial charge is 0.255 e. The summed E-state index contributed by atoms with van der Waals surface area (Å²) in [6.45, 7) is 1.52. The fourth-order valence-electron chi connectivity index (χ4n) is 5.51. The SMILES string of the molecule is O=C(CN1CCCCCOc2ccccc2N(CC(=O)NCCc2ccccc2Cl)c2cncc(c2)C1=O)NCCc1ccccc1Cl. The Hall–Kier alpha value is -4.60. The second-order valence-corrected chi connectivity index (χ2v) is 12.3. The Morgan fingerprint density at radius 2 is 1.40 bits per heavy atom. The van der Waals surface area contributed by atoms with Gasteiger partial charge in [0.1, 0.15) is 12.3 Å². The largest absolute Gasteiger partial charge is 0.491 e. The fraction of sp³-hybridized carbons (Fsp3) is 0.297. The Kier molecular flexibility index (Phi) is 12.7. The molecule has 2 bridgehead atoms. The molecule has 9 nitrogen and oxygen atoms in total. The van der Waals surface area contributed by atoms with Gasteiger partial charge in [-0.2, -0.15) is 0 Å². The molecule has 250 valence electrons. The molecule has 1 aromatic heterocycles. The molecule has 0 radical (unpaired) electrons. The molecule has 0 saturated heterocycles. The number of halogens is 2. The van der Waals surface area contributed by atoms with Gasteiger partial charge in [0.2, 0.25) is 11.8 Å². The number of carbonyl (C=O) groups excluding carboxylic acids is 3. The lowest BCUT2D eigenvalue weighted by Crippen LogP contribution is -2.42. The predicted octanol–water partition coefficient (Wildman–Crippen LogP) is 6.25. The molecule has 0 unspecified atom stereocenters. The zero-order valence-corrected chi connectivity index (χ0v) is 28.2. The van der Waals surface area contributed by atoms with Crippen molar-refractivity contribution in [3.05, 3.63) is 118 Å². The average molecular weight is 689 g/mol. The van der Waals surface area contributed by atoms with Gasteiger partial charge in [-0.05, 0) is 73.6 Å². The van der Waals surface area contributed by atoms with Gasteiger partial charge in [-0.3, -0.25) is 19.4 Å². The van der Waals surface area contributed by atoms with Gasteiger partial charge in [-0.1, -0.05) is 71.7 Å². The number of fused-ring (bicyclic) bond motifs is 3. The Morgan fingerprint density at radius 1 is 0.771 bits per heavy atom. The minimum Gasteiger partial charge on any atom is -0.491 e. The van der Waals surface area contributed by atoms with Crippen LogP contribution in [0.15, 0.2) is 91.3 Å². The van der Waals surface area contributed by atoms with Gasteiger partial charge in [0.15, 0.2) is 0 Å². The lowest BCUT2D eigenvalue weighted by atomic mass is 10.1. The quantitative estimate of drug-likeness (QED) is 0.204. The summed E-state index contributed by atoms with van der Waals surface area (Å²) in [6.07, 6.45) is 6.53. The highest BCUT2D eigenvalue weighted by atomic mass is 35.5. The van der Waals surface area contributed by atoms with E-state index in [1.807, 2.05) is 72.8 Å². The van der Waals surface area contributed by atoms with Crippen molar-refractivity contribution in [1.82, 2.24) is 20.5 Å². The maximum absolute atomic E-state index is 13.9. The summed E-state index contributed by atoms with van der Waals surface area (Å²) in [6, 6.07) is 24.3. The lowest BCUT2D eigenvalue weighted by Gasteiger charge is -2.28. The summed E-state index contributed by atoms with van der Waals surface area (Å²) >= 11 is 12.6. The molecule has 0 fully saturated rings. The number of aromatic nitrogens is 1. The van der Waals surface area contributed by atoms with E-state index in [1.54, 1.807) is 22.1 Å². The normalized spacial score (nSPS) is 13.6. The molecule has 0 spiro atoms. The summed E-state index contributed by atoms with van der Waals surface area (Å²) < 4.78 is 6.21. The first kappa shape index (κ1) is 34.7. The van der Waals surface area contributed by atoms with E-state index in [2.05, 4.69) is 15.6 Å². The van der Waals surface area contributed by atoms with Gasteiger partial charge in [0.05, 0.1) is 36.3 Å². The van der Waals surface area contributed by atoms with E-state index in [9.17, 15) is 14.4 Å². The minimum absolute atomic E-state index is 0.0419. The van der Waals surface area contributed by atoms with E-state index < -0.39 is 0 Å². The van der Waals surface area contributed by atoms with Crippen molar-refractivity contribution in [3.63, 3.8) is 0 Å². The van der Waals surface area contributed by atoms with Crippen LogP contribution in [0.25, 0.3) is 0 Å². The third kappa shape index (κ3) is 9.71. The molecule has 2 heterocycles. The first-order valence-corrected chi connectivity index (χ1v) is 16.9. The summed E-state index contributed by atoms with van der Waals surface area (Å²) in [4.78, 5) is 47.9. The zero-order chi connectivity index (χ0) is 33.7. The first-order valence-electron chi connectivity index (χ1n) is 16.1. The number of pyridine rings is 1. The Balaban J connectivity index is 1.33. The Morgan fingerprint density at radius 3 is 2.08 bits per heavy atom. The van der Waals surface area contributed by atoms with Gasteiger partial charge in [0.25, 0.3) is 5.91 Å². The number of anilines is 2. The Bertz CT molecular complexity index is 1720. The molecule has 4 aromatic rings. The maximum atomic E-state index is 13.9. The summed E-state index contributed by atoms with van der Waals surface area (Å²) in [7, 11) is 0. The van der Waals surface area contributed by atoms with E-state index in [-0.39, 0.29) is 30.8 Å². The van der Waals surface area contributed by atoms with Crippen molar-refractivity contribution >= 4 is 52.3 Å². The van der Waals surface area contributed by atoms with Gasteiger partial charge < -0.3 is 25.2 Å². The standard InChI is InChI=1S/C37H39Cl2N5O4/c38-31-12-4-2-10-27(31)16-18-41-35(45)25-43-20-8-1-9-21-48-34-15-7-6-14-33(34)44(30-22-29(37(43)47)23-40-24-30)26-36(46)42-19-17-28-11-3-5-13-32(28)39/h2-7,10-15,22-24H,1,8-9,16-21,25-26H2,(H,41,45)(H,42,46). The summed E-state index contributed by atoms with van der Waals surface area (Å²) in [5, 5.41) is 7.22. The number of para-hydroxylation sites is 2. The van der Waals surface area contributed by atoms with Gasteiger partial charge in [-0.25, -0.2) is 0 Å². The second kappa shape index (κ2) is 17.5. The average Bonchev–Trinajstić information content (AvgIpc) is 3.09. The van der Waals surface area contributed by atoms with Crippen molar-refractivity contribution in [1.29, 1.82) is 0 Å². The molecule has 1 aliphatic heterocycles. The molecule has 0 aliphatic carbocycles. The van der Waals surface area contributed by atoms with Crippen molar-refractivity contribution in [2.75, 3.05) is 44.2 Å². The molecule has 11 heteroatoms. The molecule has 3 aromatic carbocycles. The predicted molar refractivity (Wildman–Crippen MR) is 189 cm³/mol. The number of hydrogen-bond donors (Lipinski definition) is 2. The Labute approximate surface area is 291 Å². The van der Waals surface area contributed by atoms with Crippen LogP contribution >= 0.6 is 23.2 Å². The van der Waals surface area contributed by atoms with Crippen LogP contribution in [0, 0.1) is 0 Å². The van der Waals surface area contributed by atoms with Crippen molar-refractivity contribution in [2.45, 2.75) is 32.1 Å². The number of benzene rings is 3. The summed E-state index contributed by atoms with van der Waals surface area (Å²) in [5.74, 6) is -0.153. The third-order valence-electron chi connectivity index (χ3n) is 8.04. The van der Waals surface area contributed by atoms with Crippen LogP contribution in [-0.4, -0.2) is 66.9 Å². The van der Waals surface area contributed by atoms with Crippen LogP contribution in [0.5, 0.6) is 5.75 Å². The van der Waals surface area contributed by atoms with Gasteiger partial charge >= 0.3 is 0 Å². The van der Waals surface area contributed by atoms with Gasteiger partial charge in [-0.15, -0.1) is 0 Å². The number of nitrogens with zero attached hydrogens (tertiary/aromatic N) is 3. The second-order valence-electron chi connectivity index (χ2n) is 11.5. The topological polar surface area (TPSA) is 104 Å². The minimum atomic E-state index is -0.309. The molecular weight excluding hydrogens is 649 g/mol. The van der Waals surface area contributed by atoms with E-state index in [4.69, 9.17) is 27.9 Å². The highest BCUT2D eigenvalue weighted by molar-refractivity contribution is 6.31. The van der Waals surface area contributed by atoms with Crippen molar-refractivity contribution in [2.24, 2.45) is 0 Å². The molecular formula is C37H39Cl2N5O4. The molecule has 48 heavy (non-hydrogen) atoms. The highest BCUT2D eigenvalue weighted by Crippen LogP contribution is 2.34. The molecule has 0 saturated carbocycles. The molecule has 0 atom stereocenters. The van der Waals surface area contributed by atoms with Crippen LogP contribution in [-0.2, 0) is 22.4 Å². The first-order chi connectivity index (χ1) is 23.4. The third-order valence-corrected chi connectivity index (χ3v) is 8.78. The van der Waals surface area contributed by atoms with Crippen LogP contribution < -0.4 is 20.3 Å². The molecule has 2 N–H and O–H groups in total. The summed E-state index contributed by atoms with van der Waals surface area (Å²) in [5.41, 5.74) is 3.43. The number of carbonyl (C=O) groups is 3.